The minimum Gasteiger partial charge on any atom is -0.267 e. The maximum Gasteiger partial charge on any atom is 0.272 e. The smallest absolute Gasteiger partial charge is 0.267 e. The Labute approximate surface area is 143 Å². The summed E-state index contributed by atoms with van der Waals surface area (Å²) < 4.78 is 0. The highest BCUT2D eigenvalue weighted by atomic mass is 16.6. The van der Waals surface area contributed by atoms with E-state index in [2.05, 4.69) is 10.5 Å². The van der Waals surface area contributed by atoms with Crippen LogP contribution >= 0.6 is 0 Å². The average molecular weight is 333 g/mol. The van der Waals surface area contributed by atoms with Gasteiger partial charge in [-0.15, -0.1) is 0 Å². The first kappa shape index (κ1) is 16.3. The Hall–Kier alpha value is -3.54. The van der Waals surface area contributed by atoms with Crippen LogP contribution in [0.3, 0.4) is 0 Å². The lowest BCUT2D eigenvalue weighted by molar-refractivity contribution is -0.384. The van der Waals surface area contributed by atoms with Crippen LogP contribution in [0.15, 0.2) is 71.8 Å². The van der Waals surface area contributed by atoms with Gasteiger partial charge in [-0.1, -0.05) is 48.5 Å². The van der Waals surface area contributed by atoms with Gasteiger partial charge < -0.3 is 0 Å². The van der Waals surface area contributed by atoms with Gasteiger partial charge in [-0.3, -0.25) is 14.9 Å². The van der Waals surface area contributed by atoms with Crippen LogP contribution in [0.25, 0.3) is 10.8 Å². The third kappa shape index (κ3) is 3.53. The first-order valence-corrected chi connectivity index (χ1v) is 7.63. The molecule has 1 N–H and O–H groups in total. The fraction of sp³-hybridized carbons (Fsp3) is 0.0526. The molecule has 124 valence electrons. The first-order valence-electron chi connectivity index (χ1n) is 7.63. The molecule has 6 nitrogen and oxygen atoms in total. The Kier molecular flexibility index (Phi) is 4.52. The topological polar surface area (TPSA) is 84.6 Å². The number of nitro benzene ring substituents is 1. The number of fused-ring (bicyclic) bond motifs is 1. The van der Waals surface area contributed by atoms with Gasteiger partial charge in [0, 0.05) is 23.3 Å². The monoisotopic (exact) mass is 333 g/mol. The van der Waals surface area contributed by atoms with E-state index in [-0.39, 0.29) is 11.6 Å². The van der Waals surface area contributed by atoms with Crippen LogP contribution < -0.4 is 5.43 Å². The van der Waals surface area contributed by atoms with Crippen molar-refractivity contribution in [3.05, 3.63) is 88.0 Å². The lowest BCUT2D eigenvalue weighted by Gasteiger charge is -2.06. The molecular formula is C19H15N3O3. The maximum absolute atomic E-state index is 12.4. The number of carbonyl (C=O) groups excluding carboxylic acids is 1. The van der Waals surface area contributed by atoms with Crippen LogP contribution in [0, 0.1) is 10.1 Å². The zero-order chi connectivity index (χ0) is 17.8. The Morgan fingerprint density at radius 1 is 1.04 bits per heavy atom. The maximum atomic E-state index is 12.4. The normalized spacial score (nSPS) is 11.3. The Morgan fingerprint density at radius 3 is 2.56 bits per heavy atom. The average Bonchev–Trinajstić information content (AvgIpc) is 2.65. The van der Waals surface area contributed by atoms with Gasteiger partial charge in [-0.2, -0.15) is 5.10 Å². The molecule has 0 unspecified atom stereocenters. The van der Waals surface area contributed by atoms with E-state index in [0.29, 0.717) is 16.8 Å². The third-order valence-corrected chi connectivity index (χ3v) is 3.83. The molecule has 0 atom stereocenters. The molecule has 3 aromatic rings. The molecule has 0 radical (unpaired) electrons. The molecule has 25 heavy (non-hydrogen) atoms. The van der Waals surface area contributed by atoms with Crippen molar-refractivity contribution in [1.29, 1.82) is 0 Å². The van der Waals surface area contributed by atoms with Crippen molar-refractivity contribution in [2.75, 3.05) is 0 Å². The van der Waals surface area contributed by atoms with Gasteiger partial charge in [0.15, 0.2) is 0 Å². The Balaban J connectivity index is 1.84. The van der Waals surface area contributed by atoms with Crippen LogP contribution in [-0.4, -0.2) is 16.5 Å². The fourth-order valence-electron chi connectivity index (χ4n) is 2.53. The van der Waals surface area contributed by atoms with Gasteiger partial charge in [0.05, 0.1) is 10.6 Å². The largest absolute Gasteiger partial charge is 0.272 e. The molecule has 6 heteroatoms. The number of non-ortho nitro benzene ring substituents is 1. The fourth-order valence-corrected chi connectivity index (χ4v) is 2.53. The molecule has 3 rings (SSSR count). The van der Waals surface area contributed by atoms with Crippen molar-refractivity contribution in [2.24, 2.45) is 5.10 Å². The summed E-state index contributed by atoms with van der Waals surface area (Å²) in [7, 11) is 0. The number of benzene rings is 3. The summed E-state index contributed by atoms with van der Waals surface area (Å²) in [5.41, 5.74) is 4.08. The summed E-state index contributed by atoms with van der Waals surface area (Å²) in [5, 5.41) is 16.7. The third-order valence-electron chi connectivity index (χ3n) is 3.83. The minimum atomic E-state index is -0.467. The van der Waals surface area contributed by atoms with Crippen LogP contribution in [0.1, 0.15) is 22.8 Å². The van der Waals surface area contributed by atoms with Crippen LogP contribution in [0.4, 0.5) is 5.69 Å². The standard InChI is InChI=1S/C19H15N3O3/c1-13(15-8-4-9-16(12-15)22(24)25)20-21-19(23)18-11-5-7-14-6-2-3-10-17(14)18/h2-12H,1H3,(H,21,23)/b20-13+. The second kappa shape index (κ2) is 6.92. The number of amides is 1. The van der Waals surface area contributed by atoms with Crippen molar-refractivity contribution in [3.63, 3.8) is 0 Å². The summed E-state index contributed by atoms with van der Waals surface area (Å²) >= 11 is 0. The van der Waals surface area contributed by atoms with Crippen molar-refractivity contribution >= 4 is 28.1 Å². The molecule has 0 saturated carbocycles. The zero-order valence-electron chi connectivity index (χ0n) is 13.5. The molecular weight excluding hydrogens is 318 g/mol. The zero-order valence-corrected chi connectivity index (χ0v) is 13.5. The molecule has 1 amide bonds. The van der Waals surface area contributed by atoms with E-state index in [4.69, 9.17) is 0 Å². The highest BCUT2D eigenvalue weighted by Gasteiger charge is 2.10. The lowest BCUT2D eigenvalue weighted by atomic mass is 10.0. The number of rotatable bonds is 4. The molecule has 0 bridgehead atoms. The van der Waals surface area contributed by atoms with Crippen molar-refractivity contribution in [2.45, 2.75) is 6.92 Å². The highest BCUT2D eigenvalue weighted by molar-refractivity contribution is 6.08. The van der Waals surface area contributed by atoms with E-state index in [1.54, 1.807) is 25.1 Å². The van der Waals surface area contributed by atoms with E-state index in [1.165, 1.54) is 12.1 Å². The second-order valence-electron chi connectivity index (χ2n) is 5.47. The van der Waals surface area contributed by atoms with Crippen LogP contribution in [0.2, 0.25) is 0 Å². The van der Waals surface area contributed by atoms with Crippen molar-refractivity contribution in [3.8, 4) is 0 Å². The van der Waals surface area contributed by atoms with Gasteiger partial charge >= 0.3 is 0 Å². The van der Waals surface area contributed by atoms with Crippen LogP contribution in [0.5, 0.6) is 0 Å². The van der Waals surface area contributed by atoms with E-state index >= 15 is 0 Å². The number of nitro groups is 1. The molecule has 0 aliphatic carbocycles. The van der Waals surface area contributed by atoms with E-state index < -0.39 is 4.92 Å². The molecule has 0 fully saturated rings. The number of hydrogen-bond acceptors (Lipinski definition) is 4. The van der Waals surface area contributed by atoms with Crippen LogP contribution in [-0.2, 0) is 0 Å². The minimum absolute atomic E-state index is 0.0209. The Morgan fingerprint density at radius 2 is 1.76 bits per heavy atom. The molecule has 0 aliphatic heterocycles. The summed E-state index contributed by atoms with van der Waals surface area (Å²) in [5.74, 6) is -0.332. The number of hydrazone groups is 1. The molecule has 3 aromatic carbocycles. The quantitative estimate of drug-likeness (QED) is 0.446. The number of nitrogens with zero attached hydrogens (tertiary/aromatic N) is 2. The highest BCUT2D eigenvalue weighted by Crippen LogP contribution is 2.18. The van der Waals surface area contributed by atoms with E-state index in [9.17, 15) is 14.9 Å². The van der Waals surface area contributed by atoms with Gasteiger partial charge in [0.1, 0.15) is 0 Å². The molecule has 0 aliphatic rings. The van der Waals surface area contributed by atoms with Gasteiger partial charge in [0.25, 0.3) is 11.6 Å². The predicted octanol–water partition coefficient (Wildman–Crippen LogP) is 3.90. The lowest BCUT2D eigenvalue weighted by Crippen LogP contribution is -2.19. The number of carbonyl (C=O) groups is 1. The first-order chi connectivity index (χ1) is 12.1. The number of hydrogen-bond donors (Lipinski definition) is 1. The molecule has 0 heterocycles. The van der Waals surface area contributed by atoms with E-state index in [1.807, 2.05) is 36.4 Å². The van der Waals surface area contributed by atoms with Crippen molar-refractivity contribution < 1.29 is 9.72 Å². The SMILES string of the molecule is C/C(=N\NC(=O)c1cccc2ccccc12)c1cccc([N+](=O)[O-])c1. The molecule has 0 spiro atoms. The second-order valence-corrected chi connectivity index (χ2v) is 5.47. The predicted molar refractivity (Wildman–Crippen MR) is 96.7 cm³/mol. The van der Waals surface area contributed by atoms with Gasteiger partial charge in [0.2, 0.25) is 0 Å². The summed E-state index contributed by atoms with van der Waals surface area (Å²) in [6.07, 6.45) is 0. The van der Waals surface area contributed by atoms with Gasteiger partial charge in [-0.25, -0.2) is 5.43 Å². The van der Waals surface area contributed by atoms with E-state index in [0.717, 1.165) is 10.8 Å². The van der Waals surface area contributed by atoms with Crippen molar-refractivity contribution in [1.82, 2.24) is 5.43 Å². The summed E-state index contributed by atoms with van der Waals surface area (Å²) in [6.45, 7) is 1.68. The Bertz CT molecular complexity index is 991. The molecule has 0 saturated heterocycles. The van der Waals surface area contributed by atoms with Gasteiger partial charge in [-0.05, 0) is 23.8 Å². The summed E-state index contributed by atoms with van der Waals surface area (Å²) in [4.78, 5) is 22.8. The summed E-state index contributed by atoms with van der Waals surface area (Å²) in [6, 6.07) is 19.2. The molecule has 0 aromatic heterocycles. The number of nitrogens with one attached hydrogen (secondary N) is 1.